The lowest BCUT2D eigenvalue weighted by atomic mass is 10.0. The van der Waals surface area contributed by atoms with E-state index in [9.17, 15) is 0 Å². The minimum absolute atomic E-state index is 0.452. The number of rotatable bonds is 4. The van der Waals surface area contributed by atoms with E-state index in [1.807, 2.05) is 0 Å². The Balaban J connectivity index is 2.06. The summed E-state index contributed by atoms with van der Waals surface area (Å²) in [5.74, 6) is 2.76. The van der Waals surface area contributed by atoms with Gasteiger partial charge < -0.3 is 10.2 Å². The van der Waals surface area contributed by atoms with Gasteiger partial charge in [0.25, 0.3) is 0 Å². The minimum atomic E-state index is 0.452. The molecular formula is C14H24N4. The molecule has 1 fully saturated rings. The van der Waals surface area contributed by atoms with Gasteiger partial charge in [0.2, 0.25) is 0 Å². The number of hydrogen-bond donors (Lipinski definition) is 1. The molecule has 2 unspecified atom stereocenters. The van der Waals surface area contributed by atoms with E-state index in [0.29, 0.717) is 6.04 Å². The molecule has 0 aliphatic carbocycles. The van der Waals surface area contributed by atoms with Gasteiger partial charge in [-0.3, -0.25) is 0 Å². The van der Waals surface area contributed by atoms with Crippen molar-refractivity contribution in [3.05, 3.63) is 12.4 Å². The van der Waals surface area contributed by atoms with Gasteiger partial charge in [0.05, 0.1) is 0 Å². The van der Waals surface area contributed by atoms with Crippen LogP contribution in [-0.2, 0) is 0 Å². The van der Waals surface area contributed by atoms with E-state index in [1.54, 1.807) is 6.33 Å². The molecule has 1 saturated heterocycles. The molecule has 18 heavy (non-hydrogen) atoms. The van der Waals surface area contributed by atoms with Crippen molar-refractivity contribution in [3.8, 4) is 0 Å². The maximum absolute atomic E-state index is 4.41. The molecule has 0 amide bonds. The monoisotopic (exact) mass is 248 g/mol. The van der Waals surface area contributed by atoms with Gasteiger partial charge in [-0.15, -0.1) is 0 Å². The molecule has 100 valence electrons. The first-order valence-electron chi connectivity index (χ1n) is 7.02. The van der Waals surface area contributed by atoms with Gasteiger partial charge in [-0.2, -0.15) is 0 Å². The zero-order valence-corrected chi connectivity index (χ0v) is 11.7. The summed E-state index contributed by atoms with van der Waals surface area (Å²) < 4.78 is 0. The van der Waals surface area contributed by atoms with Crippen molar-refractivity contribution in [2.45, 2.75) is 46.1 Å². The van der Waals surface area contributed by atoms with Gasteiger partial charge in [-0.1, -0.05) is 13.8 Å². The van der Waals surface area contributed by atoms with Crippen LogP contribution in [0.1, 0.15) is 40.0 Å². The third-order valence-corrected chi connectivity index (χ3v) is 3.64. The van der Waals surface area contributed by atoms with E-state index < -0.39 is 0 Å². The van der Waals surface area contributed by atoms with E-state index in [1.165, 1.54) is 12.8 Å². The van der Waals surface area contributed by atoms with Crippen molar-refractivity contribution in [1.29, 1.82) is 0 Å². The Bertz CT molecular complexity index is 380. The molecule has 1 aliphatic heterocycles. The lowest BCUT2D eigenvalue weighted by Gasteiger charge is -2.31. The van der Waals surface area contributed by atoms with Gasteiger partial charge in [-0.25, -0.2) is 9.97 Å². The lowest BCUT2D eigenvalue weighted by Crippen LogP contribution is -2.34. The standard InChI is InChI=1S/C14H24N4/c1-4-12(3)17-13-8-14(16-10-15-13)18-7-5-6-11(2)9-18/h8,10-12H,4-7,9H2,1-3H3,(H,15,16,17). The fourth-order valence-electron chi connectivity index (χ4n) is 2.35. The molecule has 0 spiro atoms. The highest BCUT2D eigenvalue weighted by Crippen LogP contribution is 2.22. The van der Waals surface area contributed by atoms with Gasteiger partial charge in [0, 0.05) is 25.2 Å². The third-order valence-electron chi connectivity index (χ3n) is 3.64. The smallest absolute Gasteiger partial charge is 0.134 e. The van der Waals surface area contributed by atoms with E-state index in [2.05, 4.69) is 47.0 Å². The number of piperidine rings is 1. The highest BCUT2D eigenvalue weighted by Gasteiger charge is 2.17. The van der Waals surface area contributed by atoms with Crippen molar-refractivity contribution in [3.63, 3.8) is 0 Å². The van der Waals surface area contributed by atoms with E-state index in [-0.39, 0.29) is 0 Å². The fraction of sp³-hybridized carbons (Fsp3) is 0.714. The van der Waals surface area contributed by atoms with Gasteiger partial charge in [-0.05, 0) is 32.1 Å². The second kappa shape index (κ2) is 6.03. The average Bonchev–Trinajstić information content (AvgIpc) is 2.39. The van der Waals surface area contributed by atoms with Gasteiger partial charge in [0.1, 0.15) is 18.0 Å². The van der Waals surface area contributed by atoms with Crippen molar-refractivity contribution in [2.24, 2.45) is 5.92 Å². The van der Waals surface area contributed by atoms with Crippen molar-refractivity contribution >= 4 is 11.6 Å². The molecular weight excluding hydrogens is 224 g/mol. The van der Waals surface area contributed by atoms with Crippen LogP contribution >= 0.6 is 0 Å². The summed E-state index contributed by atoms with van der Waals surface area (Å²) in [6, 6.07) is 2.53. The second-order valence-corrected chi connectivity index (χ2v) is 5.41. The molecule has 1 aliphatic rings. The quantitative estimate of drug-likeness (QED) is 0.889. The summed E-state index contributed by atoms with van der Waals surface area (Å²) >= 11 is 0. The van der Waals surface area contributed by atoms with Crippen LogP contribution in [0, 0.1) is 5.92 Å². The van der Waals surface area contributed by atoms with Crippen molar-refractivity contribution in [1.82, 2.24) is 9.97 Å². The summed E-state index contributed by atoms with van der Waals surface area (Å²) in [5, 5.41) is 3.40. The SMILES string of the molecule is CCC(C)Nc1cc(N2CCCC(C)C2)ncn1. The first-order chi connectivity index (χ1) is 8.69. The minimum Gasteiger partial charge on any atom is -0.367 e. The molecule has 2 rings (SSSR count). The molecule has 2 heterocycles. The van der Waals surface area contributed by atoms with Crippen molar-refractivity contribution in [2.75, 3.05) is 23.3 Å². The van der Waals surface area contributed by atoms with Crippen LogP contribution in [0.15, 0.2) is 12.4 Å². The van der Waals surface area contributed by atoms with E-state index in [0.717, 1.165) is 37.1 Å². The predicted molar refractivity (Wildman–Crippen MR) is 76.0 cm³/mol. The largest absolute Gasteiger partial charge is 0.367 e. The van der Waals surface area contributed by atoms with E-state index in [4.69, 9.17) is 0 Å². The molecule has 0 aromatic carbocycles. The Morgan fingerprint density at radius 1 is 1.50 bits per heavy atom. The van der Waals surface area contributed by atoms with Crippen LogP contribution in [0.5, 0.6) is 0 Å². The zero-order valence-electron chi connectivity index (χ0n) is 11.7. The van der Waals surface area contributed by atoms with Crippen LogP contribution in [-0.4, -0.2) is 29.1 Å². The fourth-order valence-corrected chi connectivity index (χ4v) is 2.35. The van der Waals surface area contributed by atoms with Crippen LogP contribution < -0.4 is 10.2 Å². The Morgan fingerprint density at radius 3 is 3.06 bits per heavy atom. The van der Waals surface area contributed by atoms with Crippen LogP contribution in [0.3, 0.4) is 0 Å². The molecule has 0 radical (unpaired) electrons. The Labute approximate surface area is 110 Å². The molecule has 0 saturated carbocycles. The molecule has 4 heteroatoms. The normalized spacial score (nSPS) is 21.7. The Morgan fingerprint density at radius 2 is 2.33 bits per heavy atom. The second-order valence-electron chi connectivity index (χ2n) is 5.41. The summed E-state index contributed by atoms with van der Waals surface area (Å²) in [4.78, 5) is 11.1. The first kappa shape index (κ1) is 13.1. The maximum atomic E-state index is 4.41. The summed E-state index contributed by atoms with van der Waals surface area (Å²) in [7, 11) is 0. The van der Waals surface area contributed by atoms with Crippen molar-refractivity contribution < 1.29 is 0 Å². The highest BCUT2D eigenvalue weighted by atomic mass is 15.2. The molecule has 1 aromatic heterocycles. The van der Waals surface area contributed by atoms with Gasteiger partial charge in [0.15, 0.2) is 0 Å². The van der Waals surface area contributed by atoms with Crippen LogP contribution in [0.25, 0.3) is 0 Å². The number of hydrogen-bond acceptors (Lipinski definition) is 4. The Kier molecular flexibility index (Phi) is 4.39. The lowest BCUT2D eigenvalue weighted by molar-refractivity contribution is 0.444. The summed E-state index contributed by atoms with van der Waals surface area (Å²) in [5.41, 5.74) is 0. The van der Waals surface area contributed by atoms with E-state index >= 15 is 0 Å². The van der Waals surface area contributed by atoms with Gasteiger partial charge >= 0.3 is 0 Å². The summed E-state index contributed by atoms with van der Waals surface area (Å²) in [6.45, 7) is 8.88. The zero-order chi connectivity index (χ0) is 13.0. The maximum Gasteiger partial charge on any atom is 0.134 e. The number of anilines is 2. The average molecular weight is 248 g/mol. The number of aromatic nitrogens is 2. The Hall–Kier alpha value is -1.32. The molecule has 2 atom stereocenters. The molecule has 0 bridgehead atoms. The summed E-state index contributed by atoms with van der Waals surface area (Å²) in [6.07, 6.45) is 5.36. The highest BCUT2D eigenvalue weighted by molar-refractivity contribution is 5.49. The predicted octanol–water partition coefficient (Wildman–Crippen LogP) is 2.92. The third kappa shape index (κ3) is 3.34. The molecule has 1 aromatic rings. The number of nitrogens with one attached hydrogen (secondary N) is 1. The molecule has 4 nitrogen and oxygen atoms in total. The topological polar surface area (TPSA) is 41.0 Å². The molecule has 1 N–H and O–H groups in total. The van der Waals surface area contributed by atoms with Crippen LogP contribution in [0.2, 0.25) is 0 Å². The number of nitrogens with zero attached hydrogens (tertiary/aromatic N) is 3. The van der Waals surface area contributed by atoms with Crippen LogP contribution in [0.4, 0.5) is 11.6 Å². The first-order valence-corrected chi connectivity index (χ1v) is 7.02.